The van der Waals surface area contributed by atoms with Crippen molar-refractivity contribution in [1.29, 1.82) is 0 Å². The van der Waals surface area contributed by atoms with Crippen molar-refractivity contribution in [3.05, 3.63) is 89.8 Å². The summed E-state index contributed by atoms with van der Waals surface area (Å²) >= 11 is 0. The van der Waals surface area contributed by atoms with Gasteiger partial charge in [0, 0.05) is 49.1 Å². The number of carbonyl (C=O) groups excluding carboxylic acids is 1. The number of aromatic nitrogens is 1. The molecule has 235 valence electrons. The van der Waals surface area contributed by atoms with Crippen molar-refractivity contribution < 1.29 is 34.4 Å². The van der Waals surface area contributed by atoms with E-state index in [0.717, 1.165) is 69.8 Å². The predicted molar refractivity (Wildman–Crippen MR) is 181 cm³/mol. The second-order valence-electron chi connectivity index (χ2n) is 12.2. The fraction of sp³-hybridized carbons (Fsp3) is 0.385. The first-order chi connectivity index (χ1) is 20.6. The predicted octanol–water partition coefficient (Wildman–Crippen LogP) is 11.3. The van der Waals surface area contributed by atoms with Gasteiger partial charge in [-0.15, -0.1) is 17.7 Å². The second-order valence-corrected chi connectivity index (χ2v) is 12.2. The Hall–Kier alpha value is -3.27. The van der Waals surface area contributed by atoms with Crippen LogP contribution in [-0.4, -0.2) is 15.9 Å². The van der Waals surface area contributed by atoms with Gasteiger partial charge in [0.25, 0.3) is 0 Å². The molecule has 5 heteroatoms. The molecule has 0 aliphatic carbocycles. The molecule has 5 aromatic rings. The molecule has 0 amide bonds. The standard InChI is InChI=1S/C25H20NO.C14H26O2.Ir/c1-15(2)17-8-9-19-18(14-17)10-11-26-24(19)22-13-16(3)12-21-20-6-4-5-7-23(20)27-25(21)22;1-6-11(7-2)12(15)10-13(16)14(5,8-3)9-4;/h4-12,14-15H,1-3H3;10-11,15H,6-9H2,1-5H3;/q-1;;/b;12-10-;. The van der Waals surface area contributed by atoms with Crippen LogP contribution >= 0.6 is 0 Å². The van der Waals surface area contributed by atoms with Gasteiger partial charge in [0.2, 0.25) is 0 Å². The van der Waals surface area contributed by atoms with E-state index < -0.39 is 0 Å². The first-order valence-corrected chi connectivity index (χ1v) is 15.7. The maximum Gasteiger partial charge on any atom is 0.164 e. The van der Waals surface area contributed by atoms with Crippen molar-refractivity contribution in [3.63, 3.8) is 0 Å². The van der Waals surface area contributed by atoms with Gasteiger partial charge < -0.3 is 14.5 Å². The molecule has 0 unspecified atom stereocenters. The minimum absolute atomic E-state index is 0. The summed E-state index contributed by atoms with van der Waals surface area (Å²) in [5.74, 6) is 0.936. The third-order valence-corrected chi connectivity index (χ3v) is 9.07. The molecule has 0 atom stereocenters. The summed E-state index contributed by atoms with van der Waals surface area (Å²) in [5, 5.41) is 14.5. The number of ketones is 1. The molecule has 2 aromatic heterocycles. The van der Waals surface area contributed by atoms with Crippen molar-refractivity contribution in [2.24, 2.45) is 11.3 Å². The molecule has 0 aliphatic rings. The van der Waals surface area contributed by atoms with Crippen LogP contribution in [0.25, 0.3) is 44.0 Å². The summed E-state index contributed by atoms with van der Waals surface area (Å²) in [6.45, 7) is 16.6. The number of rotatable bonds is 9. The van der Waals surface area contributed by atoms with Gasteiger partial charge in [-0.2, -0.15) is 0 Å². The maximum absolute atomic E-state index is 12.0. The summed E-state index contributed by atoms with van der Waals surface area (Å²) in [4.78, 5) is 16.8. The van der Waals surface area contributed by atoms with Crippen molar-refractivity contribution in [3.8, 4) is 11.3 Å². The molecule has 3 aromatic carbocycles. The van der Waals surface area contributed by atoms with Gasteiger partial charge in [0.15, 0.2) is 5.78 Å². The summed E-state index contributed by atoms with van der Waals surface area (Å²) < 4.78 is 6.23. The minimum atomic E-state index is -0.319. The molecule has 5 rings (SSSR count). The number of carbonyl (C=O) groups is 1. The Morgan fingerprint density at radius 2 is 1.66 bits per heavy atom. The van der Waals surface area contributed by atoms with Gasteiger partial charge in [-0.3, -0.25) is 4.79 Å². The number of aliphatic hydroxyl groups excluding tert-OH is 1. The molecule has 1 N–H and O–H groups in total. The van der Waals surface area contributed by atoms with Crippen molar-refractivity contribution in [2.45, 2.75) is 87.0 Å². The number of para-hydroxylation sites is 1. The van der Waals surface area contributed by atoms with E-state index in [0.29, 0.717) is 5.92 Å². The molecule has 1 radical (unpaired) electrons. The van der Waals surface area contributed by atoms with Gasteiger partial charge in [-0.25, -0.2) is 0 Å². The van der Waals surface area contributed by atoms with Crippen LogP contribution in [0.4, 0.5) is 0 Å². The van der Waals surface area contributed by atoms with E-state index >= 15 is 0 Å². The summed E-state index contributed by atoms with van der Waals surface area (Å²) in [6, 6.07) is 22.5. The Morgan fingerprint density at radius 3 is 2.30 bits per heavy atom. The molecule has 0 fully saturated rings. The second kappa shape index (κ2) is 15.1. The fourth-order valence-corrected chi connectivity index (χ4v) is 5.55. The molecule has 0 aliphatic heterocycles. The zero-order chi connectivity index (χ0) is 31.3. The number of fused-ring (bicyclic) bond motifs is 4. The van der Waals surface area contributed by atoms with Crippen LogP contribution in [0.3, 0.4) is 0 Å². The Kier molecular flexibility index (Phi) is 12.1. The number of aliphatic hydroxyl groups is 1. The minimum Gasteiger partial charge on any atom is -0.512 e. The Labute approximate surface area is 276 Å². The van der Waals surface area contributed by atoms with E-state index in [-0.39, 0.29) is 43.0 Å². The largest absolute Gasteiger partial charge is 0.512 e. The topological polar surface area (TPSA) is 63.3 Å². The number of aryl methyl sites for hydroxylation is 1. The summed E-state index contributed by atoms with van der Waals surface area (Å²) in [6.07, 6.45) is 6.71. The number of hydrogen-bond acceptors (Lipinski definition) is 4. The van der Waals surface area contributed by atoms with Gasteiger partial charge >= 0.3 is 0 Å². The first kappa shape index (κ1) is 35.2. The monoisotopic (exact) mass is 769 g/mol. The number of allylic oxidation sites excluding steroid dienone is 2. The van der Waals surface area contributed by atoms with Crippen molar-refractivity contribution in [2.75, 3.05) is 0 Å². The van der Waals surface area contributed by atoms with Gasteiger partial charge in [-0.05, 0) is 65.8 Å². The van der Waals surface area contributed by atoms with Gasteiger partial charge in [-0.1, -0.05) is 103 Å². The van der Waals surface area contributed by atoms with Crippen molar-refractivity contribution in [1.82, 2.24) is 4.98 Å². The number of furan rings is 1. The van der Waals surface area contributed by atoms with Gasteiger partial charge in [0.05, 0.1) is 11.3 Å². The van der Waals surface area contributed by atoms with E-state index in [2.05, 4.69) is 63.2 Å². The summed E-state index contributed by atoms with van der Waals surface area (Å²) in [7, 11) is 0. The van der Waals surface area contributed by atoms with Crippen molar-refractivity contribution >= 4 is 38.5 Å². The zero-order valence-electron chi connectivity index (χ0n) is 27.4. The maximum atomic E-state index is 12.0. The van der Waals surface area contributed by atoms with Gasteiger partial charge in [0.1, 0.15) is 5.58 Å². The quantitative estimate of drug-likeness (QED) is 0.0921. The number of nitrogens with zero attached hydrogens (tertiary/aromatic N) is 1. The smallest absolute Gasteiger partial charge is 0.164 e. The van der Waals surface area contributed by atoms with Crippen LogP contribution in [0.5, 0.6) is 0 Å². The van der Waals surface area contributed by atoms with E-state index in [9.17, 15) is 9.90 Å². The molecule has 0 spiro atoms. The number of hydrogen-bond donors (Lipinski definition) is 1. The molecular formula is C39H46IrNO3-. The molecule has 4 nitrogen and oxygen atoms in total. The third kappa shape index (κ3) is 7.33. The Morgan fingerprint density at radius 1 is 0.977 bits per heavy atom. The SMILES string of the molecule is CCC(CC)/C(O)=C/C(=O)C(C)(CC)CC.Cc1[c-]c(-c2nccc3cc(C(C)C)ccc23)c2oc3ccccc3c2c1.[Ir]. The van der Waals surface area contributed by atoms with Crippen LogP contribution in [0, 0.1) is 24.3 Å². The van der Waals surface area contributed by atoms with Crippen LogP contribution < -0.4 is 0 Å². The summed E-state index contributed by atoms with van der Waals surface area (Å²) in [5.41, 5.74) is 5.72. The number of pyridine rings is 1. The molecule has 0 saturated carbocycles. The normalized spacial score (nSPS) is 12.1. The molecular weight excluding hydrogens is 723 g/mol. The Balaban J connectivity index is 0.000000271. The van der Waals surface area contributed by atoms with Crippen LogP contribution in [0.2, 0.25) is 0 Å². The van der Waals surface area contributed by atoms with Crippen LogP contribution in [-0.2, 0) is 24.9 Å². The molecule has 0 bridgehead atoms. The van der Waals surface area contributed by atoms with Crippen LogP contribution in [0.15, 0.2) is 77.0 Å². The third-order valence-electron chi connectivity index (χ3n) is 9.07. The average Bonchev–Trinajstić information content (AvgIpc) is 3.39. The average molecular weight is 769 g/mol. The van der Waals surface area contributed by atoms with E-state index in [1.54, 1.807) is 0 Å². The molecule has 2 heterocycles. The van der Waals surface area contributed by atoms with E-state index in [1.807, 2.05) is 59.0 Å². The zero-order valence-corrected chi connectivity index (χ0v) is 29.8. The molecule has 44 heavy (non-hydrogen) atoms. The van der Waals surface area contributed by atoms with E-state index in [4.69, 9.17) is 9.40 Å². The molecule has 0 saturated heterocycles. The number of benzene rings is 3. The van der Waals surface area contributed by atoms with Crippen LogP contribution in [0.1, 0.15) is 91.2 Å². The first-order valence-electron chi connectivity index (χ1n) is 15.7. The fourth-order valence-electron chi connectivity index (χ4n) is 5.55. The van der Waals surface area contributed by atoms with E-state index in [1.165, 1.54) is 17.0 Å². The Bertz CT molecular complexity index is 1760.